The molecule has 0 radical (unpaired) electrons. The first-order valence-electron chi connectivity index (χ1n) is 13.1. The highest BCUT2D eigenvalue weighted by atomic mass is 16.2. The predicted molar refractivity (Wildman–Crippen MR) is 152 cm³/mol. The highest BCUT2D eigenvalue weighted by Gasteiger charge is 2.23. The molecule has 242 valence electrons. The fraction of sp³-hybridized carbons (Fsp3) is 0.640. The van der Waals surface area contributed by atoms with Crippen LogP contribution in [0.5, 0.6) is 0 Å². The van der Waals surface area contributed by atoms with E-state index in [0.29, 0.717) is 6.29 Å². The number of likely N-dealkylation sites (N-methyl/N-ethyl adjacent to an activating group) is 7. The molecule has 0 aliphatic carbocycles. The Labute approximate surface area is 250 Å². The number of aldehydes is 1. The molecule has 0 aromatic heterocycles. The molecule has 0 saturated carbocycles. The average Bonchev–Trinajstić information content (AvgIpc) is 2.94. The molecule has 8 amide bonds. The maximum Gasteiger partial charge on any atom is 0.242 e. The SMILES string of the molecule is CNCC(=O)N(C)CC(=O)N(C)CC(=O)N(C)CC(=O)NCC(=O)N(C)CC(=O)N(C)CC(=O)N(C)CC(=O)NCC=O. The number of hydrogen-bond donors (Lipinski definition) is 3. The summed E-state index contributed by atoms with van der Waals surface area (Å²) in [6.07, 6.45) is 0.500. The molecule has 0 aliphatic heterocycles. The van der Waals surface area contributed by atoms with Crippen molar-refractivity contribution in [2.75, 3.05) is 108 Å². The molecule has 0 atom stereocenters. The van der Waals surface area contributed by atoms with Crippen LogP contribution in [0.3, 0.4) is 0 Å². The molecule has 0 aromatic carbocycles. The van der Waals surface area contributed by atoms with Gasteiger partial charge in [-0.3, -0.25) is 38.4 Å². The van der Waals surface area contributed by atoms with Gasteiger partial charge in [0.2, 0.25) is 47.3 Å². The fourth-order valence-electron chi connectivity index (χ4n) is 3.12. The first-order valence-corrected chi connectivity index (χ1v) is 13.1. The largest absolute Gasteiger partial charge is 0.348 e. The topological polar surface area (TPSA) is 209 Å². The highest BCUT2D eigenvalue weighted by molar-refractivity contribution is 5.93. The zero-order valence-electron chi connectivity index (χ0n) is 25.8. The van der Waals surface area contributed by atoms with Crippen molar-refractivity contribution in [3.05, 3.63) is 0 Å². The molecule has 43 heavy (non-hydrogen) atoms. The van der Waals surface area contributed by atoms with Crippen molar-refractivity contribution in [3.63, 3.8) is 0 Å². The lowest BCUT2D eigenvalue weighted by Crippen LogP contribution is -2.48. The summed E-state index contributed by atoms with van der Waals surface area (Å²) in [6.45, 7) is -2.60. The first kappa shape index (κ1) is 38.4. The minimum absolute atomic E-state index is 0.0582. The first-order chi connectivity index (χ1) is 20.0. The third-order valence-corrected chi connectivity index (χ3v) is 5.95. The molecule has 18 heteroatoms. The number of carbonyl (C=O) groups excluding carboxylic acids is 9. The van der Waals surface area contributed by atoms with E-state index in [-0.39, 0.29) is 45.2 Å². The number of hydrogen-bond acceptors (Lipinski definition) is 10. The van der Waals surface area contributed by atoms with Gasteiger partial charge in [-0.15, -0.1) is 0 Å². The maximum atomic E-state index is 12.5. The van der Waals surface area contributed by atoms with E-state index in [2.05, 4.69) is 16.0 Å². The maximum absolute atomic E-state index is 12.5. The molecule has 3 N–H and O–H groups in total. The molecule has 0 aromatic rings. The van der Waals surface area contributed by atoms with Crippen LogP contribution in [0.15, 0.2) is 0 Å². The molecule has 0 unspecified atom stereocenters. The van der Waals surface area contributed by atoms with E-state index < -0.39 is 61.0 Å². The molecule has 0 aliphatic rings. The zero-order chi connectivity index (χ0) is 33.3. The van der Waals surface area contributed by atoms with Crippen LogP contribution in [0.1, 0.15) is 0 Å². The Morgan fingerprint density at radius 2 is 0.767 bits per heavy atom. The Hall–Kier alpha value is -4.61. The van der Waals surface area contributed by atoms with Crippen LogP contribution in [-0.4, -0.2) is 191 Å². The summed E-state index contributed by atoms with van der Waals surface area (Å²) in [5.74, 6) is -4.23. The summed E-state index contributed by atoms with van der Waals surface area (Å²) < 4.78 is 0. The second kappa shape index (κ2) is 19.5. The Balaban J connectivity index is 4.59. The number of nitrogens with zero attached hydrogens (tertiary/aromatic N) is 6. The minimum Gasteiger partial charge on any atom is -0.348 e. The van der Waals surface area contributed by atoms with Crippen LogP contribution in [0.2, 0.25) is 0 Å². The minimum atomic E-state index is -0.654. The van der Waals surface area contributed by atoms with Crippen LogP contribution in [0, 0.1) is 0 Å². The van der Waals surface area contributed by atoms with Crippen molar-refractivity contribution >= 4 is 53.5 Å². The van der Waals surface area contributed by atoms with Crippen LogP contribution >= 0.6 is 0 Å². The van der Waals surface area contributed by atoms with Gasteiger partial charge in [-0.05, 0) is 7.05 Å². The van der Waals surface area contributed by atoms with Crippen molar-refractivity contribution in [1.82, 2.24) is 45.3 Å². The molecular weight excluding hydrogens is 570 g/mol. The van der Waals surface area contributed by atoms with Gasteiger partial charge in [0.05, 0.1) is 58.9 Å². The van der Waals surface area contributed by atoms with E-state index in [1.807, 2.05) is 0 Å². The van der Waals surface area contributed by atoms with Gasteiger partial charge in [0, 0.05) is 42.3 Å². The van der Waals surface area contributed by atoms with Crippen molar-refractivity contribution in [1.29, 1.82) is 0 Å². The lowest BCUT2D eigenvalue weighted by atomic mass is 10.3. The van der Waals surface area contributed by atoms with E-state index >= 15 is 0 Å². The van der Waals surface area contributed by atoms with Gasteiger partial charge >= 0.3 is 0 Å². The Morgan fingerprint density at radius 1 is 0.465 bits per heavy atom. The van der Waals surface area contributed by atoms with Crippen LogP contribution in [0.4, 0.5) is 0 Å². The van der Waals surface area contributed by atoms with Crippen molar-refractivity contribution in [3.8, 4) is 0 Å². The third kappa shape index (κ3) is 15.3. The third-order valence-electron chi connectivity index (χ3n) is 5.95. The number of amides is 8. The Kier molecular flexibility index (Phi) is 17.4. The van der Waals surface area contributed by atoms with E-state index in [1.165, 1.54) is 47.2 Å². The van der Waals surface area contributed by atoms with Crippen LogP contribution in [-0.2, 0) is 43.2 Å². The van der Waals surface area contributed by atoms with Gasteiger partial charge < -0.3 is 50.1 Å². The Morgan fingerprint density at radius 3 is 1.12 bits per heavy atom. The van der Waals surface area contributed by atoms with Gasteiger partial charge in [-0.1, -0.05) is 0 Å². The summed E-state index contributed by atoms with van der Waals surface area (Å²) in [7, 11) is 9.83. The van der Waals surface area contributed by atoms with Gasteiger partial charge in [0.1, 0.15) is 6.29 Å². The lowest BCUT2D eigenvalue weighted by molar-refractivity contribution is -0.143. The van der Waals surface area contributed by atoms with Crippen molar-refractivity contribution in [2.45, 2.75) is 0 Å². The van der Waals surface area contributed by atoms with Crippen LogP contribution in [0.25, 0.3) is 0 Å². The summed E-state index contributed by atoms with van der Waals surface area (Å²) >= 11 is 0. The monoisotopic (exact) mass is 613 g/mol. The standard InChI is InChI=1S/C25H43N9O9/c1-26-10-20(38)31(4)14-24(42)33(6)17-23(41)30(3)13-19(37)28-11-21(39)32(5)15-25(43)34(7)16-22(40)29(2)12-18(36)27-8-9-35/h9,26H,8,10-17H2,1-7H3,(H,27,36)(H,28,37). The molecule has 0 bridgehead atoms. The van der Waals surface area contributed by atoms with Crippen molar-refractivity contribution < 1.29 is 43.2 Å². The van der Waals surface area contributed by atoms with E-state index in [1.54, 1.807) is 7.05 Å². The second-order valence-corrected chi connectivity index (χ2v) is 9.78. The van der Waals surface area contributed by atoms with Gasteiger partial charge in [0.25, 0.3) is 0 Å². The number of carbonyl (C=O) groups is 9. The smallest absolute Gasteiger partial charge is 0.242 e. The number of nitrogens with one attached hydrogen (secondary N) is 3. The molecule has 0 spiro atoms. The summed E-state index contributed by atoms with van der Waals surface area (Å²) in [5, 5.41) is 7.33. The normalized spacial score (nSPS) is 10.1. The lowest BCUT2D eigenvalue weighted by Gasteiger charge is -2.25. The summed E-state index contributed by atoms with van der Waals surface area (Å²) in [5.41, 5.74) is 0. The average molecular weight is 614 g/mol. The summed E-state index contributed by atoms with van der Waals surface area (Å²) in [6, 6.07) is 0. The fourth-order valence-corrected chi connectivity index (χ4v) is 3.12. The Bertz CT molecular complexity index is 1050. The molecule has 18 nitrogen and oxygen atoms in total. The van der Waals surface area contributed by atoms with E-state index in [0.717, 1.165) is 24.5 Å². The van der Waals surface area contributed by atoms with Crippen LogP contribution < -0.4 is 16.0 Å². The van der Waals surface area contributed by atoms with E-state index in [4.69, 9.17) is 0 Å². The van der Waals surface area contributed by atoms with Gasteiger partial charge in [-0.2, -0.15) is 0 Å². The molecular formula is C25H43N9O9. The molecule has 0 fully saturated rings. The van der Waals surface area contributed by atoms with Gasteiger partial charge in [0.15, 0.2) is 0 Å². The predicted octanol–water partition coefficient (Wildman–Crippen LogP) is -5.61. The molecule has 0 heterocycles. The van der Waals surface area contributed by atoms with Crippen molar-refractivity contribution in [2.24, 2.45) is 0 Å². The number of rotatable bonds is 18. The van der Waals surface area contributed by atoms with Gasteiger partial charge in [-0.25, -0.2) is 0 Å². The highest BCUT2D eigenvalue weighted by Crippen LogP contribution is 1.96. The second-order valence-electron chi connectivity index (χ2n) is 9.78. The molecule has 0 saturated heterocycles. The zero-order valence-corrected chi connectivity index (χ0v) is 25.8. The molecule has 0 rings (SSSR count). The van der Waals surface area contributed by atoms with E-state index in [9.17, 15) is 43.2 Å². The summed E-state index contributed by atoms with van der Waals surface area (Å²) in [4.78, 5) is 115. The quantitative estimate of drug-likeness (QED) is 0.125.